The van der Waals surface area contributed by atoms with E-state index in [4.69, 9.17) is 5.73 Å². The fourth-order valence-electron chi connectivity index (χ4n) is 3.75. The first-order chi connectivity index (χ1) is 18.4. The molecule has 12 heteroatoms. The molecule has 9 N–H and O–H groups in total. The van der Waals surface area contributed by atoms with Gasteiger partial charge in [-0.05, 0) is 47.7 Å². The minimum Gasteiger partial charge on any atom is -0.508 e. The van der Waals surface area contributed by atoms with E-state index in [1.165, 1.54) is 24.3 Å². The molecule has 2 rings (SSSR count). The van der Waals surface area contributed by atoms with Gasteiger partial charge in [0, 0.05) is 12.8 Å². The van der Waals surface area contributed by atoms with E-state index in [9.17, 15) is 39.6 Å². The summed E-state index contributed by atoms with van der Waals surface area (Å²) in [7, 11) is 0. The van der Waals surface area contributed by atoms with Crippen LogP contribution in [-0.2, 0) is 32.0 Å². The van der Waals surface area contributed by atoms with Gasteiger partial charge in [-0.1, -0.05) is 38.1 Å². The van der Waals surface area contributed by atoms with Crippen molar-refractivity contribution in [3.63, 3.8) is 0 Å². The SMILES string of the molecule is CC(C)CC(NC(=O)C(Cc1ccc(O)cc1)NC(=O)C(Cc1ccc(O)cc1)NC(=O)C(N)CO)C(=O)O. The largest absolute Gasteiger partial charge is 0.508 e. The number of aliphatic hydroxyl groups excluding tert-OH is 1. The highest BCUT2D eigenvalue weighted by molar-refractivity contribution is 5.94. The summed E-state index contributed by atoms with van der Waals surface area (Å²) in [6.07, 6.45) is 0.0933. The maximum Gasteiger partial charge on any atom is 0.326 e. The molecule has 0 saturated heterocycles. The highest BCUT2D eigenvalue weighted by Gasteiger charge is 2.31. The summed E-state index contributed by atoms with van der Waals surface area (Å²) < 4.78 is 0. The van der Waals surface area contributed by atoms with Gasteiger partial charge >= 0.3 is 5.97 Å². The second-order valence-electron chi connectivity index (χ2n) is 9.68. The zero-order valence-electron chi connectivity index (χ0n) is 21.8. The summed E-state index contributed by atoms with van der Waals surface area (Å²) in [5.74, 6) is -3.53. The van der Waals surface area contributed by atoms with Crippen LogP contribution in [0.1, 0.15) is 31.4 Å². The van der Waals surface area contributed by atoms with Gasteiger partial charge < -0.3 is 42.1 Å². The predicted octanol–water partition coefficient (Wildman–Crippen LogP) is -0.212. The van der Waals surface area contributed by atoms with E-state index in [1.807, 2.05) is 13.8 Å². The second-order valence-corrected chi connectivity index (χ2v) is 9.68. The number of nitrogens with two attached hydrogens (primary N) is 1. The third kappa shape index (κ3) is 10.3. The number of carboxylic acid groups (broad SMARTS) is 1. The minimum atomic E-state index is -1.29. The smallest absolute Gasteiger partial charge is 0.326 e. The zero-order chi connectivity index (χ0) is 29.1. The fourth-order valence-corrected chi connectivity index (χ4v) is 3.75. The molecular weight excluding hydrogens is 508 g/mol. The first kappa shape index (κ1) is 31.1. The molecule has 4 atom stereocenters. The molecule has 0 fully saturated rings. The molecule has 0 aliphatic heterocycles. The van der Waals surface area contributed by atoms with Crippen LogP contribution >= 0.6 is 0 Å². The molecule has 0 heterocycles. The predicted molar refractivity (Wildman–Crippen MR) is 142 cm³/mol. The van der Waals surface area contributed by atoms with Crippen molar-refractivity contribution >= 4 is 23.7 Å². The maximum absolute atomic E-state index is 13.4. The van der Waals surface area contributed by atoms with Crippen LogP contribution in [0.5, 0.6) is 11.5 Å². The lowest BCUT2D eigenvalue weighted by atomic mass is 10.0. The molecule has 0 aromatic heterocycles. The molecule has 0 radical (unpaired) electrons. The lowest BCUT2D eigenvalue weighted by Gasteiger charge is -2.26. The van der Waals surface area contributed by atoms with Crippen LogP contribution in [0, 0.1) is 5.92 Å². The molecule has 2 aromatic rings. The van der Waals surface area contributed by atoms with Gasteiger partial charge in [-0.15, -0.1) is 0 Å². The summed E-state index contributed by atoms with van der Waals surface area (Å²) in [5.41, 5.74) is 6.75. The van der Waals surface area contributed by atoms with Crippen LogP contribution in [-0.4, -0.2) is 74.9 Å². The van der Waals surface area contributed by atoms with Crippen molar-refractivity contribution in [1.29, 1.82) is 0 Å². The first-order valence-electron chi connectivity index (χ1n) is 12.5. The standard InChI is InChI=1S/C27H36N4O8/c1-15(2)11-23(27(38)39)31-26(37)22(13-17-5-9-19(34)10-6-17)30-25(36)21(29-24(35)20(28)14-32)12-16-3-7-18(33)8-4-16/h3-10,15,20-23,32-34H,11-14,28H2,1-2H3,(H,29,35)(H,30,36)(H,31,37)(H,38,39). The number of amides is 3. The number of rotatable bonds is 14. The number of hydrogen-bond donors (Lipinski definition) is 8. The van der Waals surface area contributed by atoms with Crippen molar-refractivity contribution in [2.75, 3.05) is 6.61 Å². The van der Waals surface area contributed by atoms with Gasteiger partial charge in [-0.3, -0.25) is 14.4 Å². The van der Waals surface area contributed by atoms with Crippen LogP contribution in [0.4, 0.5) is 0 Å². The number of phenols is 2. The Kier molecular flexibility index (Phi) is 11.7. The van der Waals surface area contributed by atoms with Crippen molar-refractivity contribution in [3.05, 3.63) is 59.7 Å². The Bertz CT molecular complexity index is 1120. The average Bonchev–Trinajstić information content (AvgIpc) is 2.88. The minimum absolute atomic E-state index is 0.00329. The molecule has 0 aliphatic carbocycles. The summed E-state index contributed by atoms with van der Waals surface area (Å²) in [5, 5.41) is 45.5. The maximum atomic E-state index is 13.4. The lowest BCUT2D eigenvalue weighted by Crippen LogP contribution is -2.58. The molecule has 4 unspecified atom stereocenters. The topological polar surface area (TPSA) is 211 Å². The van der Waals surface area contributed by atoms with Gasteiger partial charge in [0.2, 0.25) is 17.7 Å². The van der Waals surface area contributed by atoms with Crippen molar-refractivity contribution in [2.24, 2.45) is 11.7 Å². The van der Waals surface area contributed by atoms with Crippen LogP contribution in [0.2, 0.25) is 0 Å². The number of carboxylic acids is 1. The molecule has 2 aromatic carbocycles. The number of phenolic OH excluding ortho intramolecular Hbond substituents is 2. The van der Waals surface area contributed by atoms with Crippen molar-refractivity contribution in [2.45, 2.75) is 57.3 Å². The summed E-state index contributed by atoms with van der Waals surface area (Å²) >= 11 is 0. The highest BCUT2D eigenvalue weighted by atomic mass is 16.4. The van der Waals surface area contributed by atoms with E-state index in [2.05, 4.69) is 16.0 Å². The monoisotopic (exact) mass is 544 g/mol. The Hall–Kier alpha value is -4.16. The molecular formula is C27H36N4O8. The van der Waals surface area contributed by atoms with E-state index in [0.29, 0.717) is 11.1 Å². The van der Waals surface area contributed by atoms with Crippen molar-refractivity contribution < 1.29 is 39.6 Å². The summed E-state index contributed by atoms with van der Waals surface area (Å²) in [4.78, 5) is 50.8. The average molecular weight is 545 g/mol. The number of nitrogens with one attached hydrogen (secondary N) is 3. The molecule has 3 amide bonds. The first-order valence-corrected chi connectivity index (χ1v) is 12.5. The van der Waals surface area contributed by atoms with Crippen LogP contribution in [0.15, 0.2) is 48.5 Å². The number of hydrogen-bond acceptors (Lipinski definition) is 8. The molecule has 0 bridgehead atoms. The normalized spacial score (nSPS) is 14.1. The summed E-state index contributed by atoms with van der Waals surface area (Å²) in [6, 6.07) is 6.93. The van der Waals surface area contributed by atoms with Gasteiger partial charge in [-0.25, -0.2) is 4.79 Å². The Morgan fingerprint density at radius 1 is 0.718 bits per heavy atom. The molecule has 39 heavy (non-hydrogen) atoms. The number of benzene rings is 2. The number of carbonyl (C=O) groups excluding carboxylic acids is 3. The van der Waals surface area contributed by atoms with E-state index in [0.717, 1.165) is 0 Å². The molecule has 0 spiro atoms. The van der Waals surface area contributed by atoms with E-state index < -0.39 is 54.5 Å². The quantitative estimate of drug-likeness (QED) is 0.158. The highest BCUT2D eigenvalue weighted by Crippen LogP contribution is 2.14. The zero-order valence-corrected chi connectivity index (χ0v) is 21.8. The third-order valence-corrected chi connectivity index (χ3v) is 5.87. The Labute approximate surface area is 226 Å². The van der Waals surface area contributed by atoms with Gasteiger partial charge in [0.25, 0.3) is 0 Å². The molecule has 0 saturated carbocycles. The number of carbonyl (C=O) groups is 4. The van der Waals surface area contributed by atoms with Gasteiger partial charge in [-0.2, -0.15) is 0 Å². The van der Waals surface area contributed by atoms with Gasteiger partial charge in [0.05, 0.1) is 6.61 Å². The second kappa shape index (κ2) is 14.7. The van der Waals surface area contributed by atoms with Crippen molar-refractivity contribution in [3.8, 4) is 11.5 Å². The van der Waals surface area contributed by atoms with Crippen LogP contribution in [0.3, 0.4) is 0 Å². The van der Waals surface area contributed by atoms with Crippen molar-refractivity contribution in [1.82, 2.24) is 16.0 Å². The molecule has 0 aliphatic rings. The lowest BCUT2D eigenvalue weighted by molar-refractivity contribution is -0.142. The van der Waals surface area contributed by atoms with E-state index in [1.54, 1.807) is 24.3 Å². The molecule has 212 valence electrons. The van der Waals surface area contributed by atoms with E-state index >= 15 is 0 Å². The number of aliphatic hydroxyl groups is 1. The third-order valence-electron chi connectivity index (χ3n) is 5.87. The number of aliphatic carboxylic acids is 1. The molecule has 12 nitrogen and oxygen atoms in total. The Morgan fingerprint density at radius 3 is 1.46 bits per heavy atom. The van der Waals surface area contributed by atoms with Gasteiger partial charge in [0.1, 0.15) is 35.7 Å². The van der Waals surface area contributed by atoms with Crippen LogP contribution in [0.25, 0.3) is 0 Å². The van der Waals surface area contributed by atoms with Crippen LogP contribution < -0.4 is 21.7 Å². The number of aromatic hydroxyl groups is 2. The fraction of sp³-hybridized carbons (Fsp3) is 0.407. The Balaban J connectivity index is 2.33. The van der Waals surface area contributed by atoms with Gasteiger partial charge in [0.15, 0.2) is 0 Å². The summed E-state index contributed by atoms with van der Waals surface area (Å²) in [6.45, 7) is 2.97. The Morgan fingerprint density at radius 2 is 1.10 bits per heavy atom. The van der Waals surface area contributed by atoms with E-state index in [-0.39, 0.29) is 36.7 Å².